The number of ether oxygens (including phenoxy) is 3. The van der Waals surface area contributed by atoms with Gasteiger partial charge in [-0.25, -0.2) is 9.78 Å². The van der Waals surface area contributed by atoms with Crippen LogP contribution in [-0.2, 0) is 11.3 Å². The topological polar surface area (TPSA) is 138 Å². The fourth-order valence-electron chi connectivity index (χ4n) is 3.87. The Morgan fingerprint density at radius 1 is 1.16 bits per heavy atom. The zero-order valence-electron chi connectivity index (χ0n) is 21.2. The number of amides is 1. The fourth-order valence-corrected chi connectivity index (χ4v) is 3.87. The van der Waals surface area contributed by atoms with Gasteiger partial charge in [0.05, 0.1) is 11.5 Å². The minimum absolute atomic E-state index is 0.0329. The van der Waals surface area contributed by atoms with Gasteiger partial charge in [0.25, 0.3) is 5.88 Å². The Bertz CT molecular complexity index is 1120. The van der Waals surface area contributed by atoms with Crippen LogP contribution in [0.2, 0.25) is 0 Å². The maximum absolute atomic E-state index is 12.7. The van der Waals surface area contributed by atoms with Crippen LogP contribution < -0.4 is 20.1 Å². The summed E-state index contributed by atoms with van der Waals surface area (Å²) in [4.78, 5) is 30.7. The molecule has 1 amide bonds. The molecule has 0 radical (unpaired) electrons. The van der Waals surface area contributed by atoms with Crippen molar-refractivity contribution in [2.75, 3.05) is 11.9 Å². The average Bonchev–Trinajstić information content (AvgIpc) is 2.81. The molecule has 1 aliphatic carbocycles. The summed E-state index contributed by atoms with van der Waals surface area (Å²) in [7, 11) is 0. The third-order valence-corrected chi connectivity index (χ3v) is 5.59. The van der Waals surface area contributed by atoms with Gasteiger partial charge in [0.15, 0.2) is 0 Å². The normalized spacial score (nSPS) is 17.8. The first-order valence-corrected chi connectivity index (χ1v) is 12.0. The Hall–Kier alpha value is -3.84. The number of alkyl carbamates (subject to hydrolysis) is 1. The van der Waals surface area contributed by atoms with E-state index >= 15 is 0 Å². The minimum Gasteiger partial charge on any atom is -0.472 e. The number of nitro groups is 1. The summed E-state index contributed by atoms with van der Waals surface area (Å²) in [6, 6.07) is 5.52. The van der Waals surface area contributed by atoms with E-state index in [0.29, 0.717) is 12.8 Å². The van der Waals surface area contributed by atoms with E-state index in [9.17, 15) is 28.1 Å². The maximum atomic E-state index is 12.7. The summed E-state index contributed by atoms with van der Waals surface area (Å²) in [5, 5.41) is 17.0. The van der Waals surface area contributed by atoms with E-state index in [1.54, 1.807) is 26.8 Å². The molecule has 1 saturated carbocycles. The largest absolute Gasteiger partial charge is 0.573 e. The Morgan fingerprint density at radius 3 is 2.47 bits per heavy atom. The van der Waals surface area contributed by atoms with Gasteiger partial charge in [-0.1, -0.05) is 18.2 Å². The standard InChI is InChI=1S/C24H30F3N5O6/c1-23(2,3)38-22(33)30-17-10-8-15(9-11-17)14-36-20-18(32(34)35)13-29-21(31-20)28-12-16-6-4-5-7-19(16)37-24(25,26)27/h4-7,13,15,17H,8-12,14H2,1-3H3,(H,30,33)(H,28,29,31). The van der Waals surface area contributed by atoms with E-state index in [2.05, 4.69) is 25.3 Å². The van der Waals surface area contributed by atoms with E-state index in [1.807, 2.05) is 0 Å². The van der Waals surface area contributed by atoms with Gasteiger partial charge in [0, 0.05) is 18.2 Å². The lowest BCUT2D eigenvalue weighted by atomic mass is 9.86. The summed E-state index contributed by atoms with van der Waals surface area (Å²) in [6.45, 7) is 5.40. The minimum atomic E-state index is -4.86. The van der Waals surface area contributed by atoms with Gasteiger partial charge in [-0.15, -0.1) is 13.2 Å². The number of halogens is 3. The molecule has 11 nitrogen and oxygen atoms in total. The predicted octanol–water partition coefficient (Wildman–Crippen LogP) is 5.36. The number of para-hydroxylation sites is 1. The molecule has 1 heterocycles. The first kappa shape index (κ1) is 28.7. The molecule has 0 unspecified atom stereocenters. The van der Waals surface area contributed by atoms with Crippen LogP contribution in [0.15, 0.2) is 30.5 Å². The van der Waals surface area contributed by atoms with Gasteiger partial charge < -0.3 is 24.8 Å². The molecule has 2 aromatic rings. The number of aromatic nitrogens is 2. The van der Waals surface area contributed by atoms with Crippen molar-refractivity contribution in [1.29, 1.82) is 0 Å². The molecular formula is C24H30F3N5O6. The van der Waals surface area contributed by atoms with E-state index in [0.717, 1.165) is 19.0 Å². The van der Waals surface area contributed by atoms with E-state index in [1.165, 1.54) is 18.2 Å². The summed E-state index contributed by atoms with van der Waals surface area (Å²) >= 11 is 0. The number of nitrogens with one attached hydrogen (secondary N) is 2. The van der Waals surface area contributed by atoms with Crippen LogP contribution in [0, 0.1) is 16.0 Å². The molecule has 2 N–H and O–H groups in total. The molecule has 1 aromatic heterocycles. The van der Waals surface area contributed by atoms with Gasteiger partial charge >= 0.3 is 18.1 Å². The Balaban J connectivity index is 1.57. The smallest absolute Gasteiger partial charge is 0.472 e. The maximum Gasteiger partial charge on any atom is 0.573 e. The average molecular weight is 542 g/mol. The summed E-state index contributed by atoms with van der Waals surface area (Å²) in [5.74, 6) is -0.606. The SMILES string of the molecule is CC(C)(C)OC(=O)NC1CCC(COc2nc(NCc3ccccc3OC(F)(F)F)ncc2[N+](=O)[O-])CC1. The lowest BCUT2D eigenvalue weighted by Crippen LogP contribution is -2.41. The predicted molar refractivity (Wildman–Crippen MR) is 130 cm³/mol. The lowest BCUT2D eigenvalue weighted by Gasteiger charge is -2.29. The van der Waals surface area contributed by atoms with E-state index in [-0.39, 0.29) is 48.3 Å². The van der Waals surface area contributed by atoms with Gasteiger partial charge in [0.2, 0.25) is 5.95 Å². The molecule has 0 aliphatic heterocycles. The third kappa shape index (κ3) is 9.23. The van der Waals surface area contributed by atoms with Crippen LogP contribution in [0.3, 0.4) is 0 Å². The van der Waals surface area contributed by atoms with E-state index < -0.39 is 28.7 Å². The first-order chi connectivity index (χ1) is 17.8. The van der Waals surface area contributed by atoms with Crippen LogP contribution in [-0.4, -0.2) is 45.6 Å². The van der Waals surface area contributed by atoms with Gasteiger partial charge in [-0.05, 0) is 58.4 Å². The molecule has 38 heavy (non-hydrogen) atoms. The lowest BCUT2D eigenvalue weighted by molar-refractivity contribution is -0.386. The van der Waals surface area contributed by atoms with Crippen molar-refractivity contribution in [3.8, 4) is 11.6 Å². The monoisotopic (exact) mass is 541 g/mol. The van der Waals surface area contributed by atoms with Crippen molar-refractivity contribution >= 4 is 17.7 Å². The van der Waals surface area contributed by atoms with Crippen LogP contribution in [0.1, 0.15) is 52.0 Å². The zero-order valence-corrected chi connectivity index (χ0v) is 21.2. The highest BCUT2D eigenvalue weighted by atomic mass is 19.4. The second-order valence-electron chi connectivity index (χ2n) is 9.83. The number of benzene rings is 1. The van der Waals surface area contributed by atoms with Crippen molar-refractivity contribution < 1.29 is 37.1 Å². The molecule has 1 aliphatic rings. The highest BCUT2D eigenvalue weighted by molar-refractivity contribution is 5.68. The zero-order chi connectivity index (χ0) is 27.9. The Labute approximate surface area is 217 Å². The van der Waals surface area contributed by atoms with Crippen LogP contribution in [0.4, 0.5) is 29.6 Å². The molecule has 1 fully saturated rings. The number of alkyl halides is 3. The highest BCUT2D eigenvalue weighted by Crippen LogP contribution is 2.30. The molecule has 1 aromatic carbocycles. The molecule has 0 spiro atoms. The molecule has 14 heteroatoms. The second-order valence-corrected chi connectivity index (χ2v) is 9.83. The van der Waals surface area contributed by atoms with E-state index in [4.69, 9.17) is 9.47 Å². The number of anilines is 1. The summed E-state index contributed by atoms with van der Waals surface area (Å²) in [6.07, 6.45) is -1.50. The Kier molecular flexibility index (Phi) is 9.17. The van der Waals surface area contributed by atoms with Gasteiger partial charge in [0.1, 0.15) is 17.5 Å². The molecule has 0 atom stereocenters. The number of hydrogen-bond donors (Lipinski definition) is 2. The number of rotatable bonds is 9. The van der Waals surface area contributed by atoms with Gasteiger partial charge in [-0.2, -0.15) is 4.98 Å². The molecule has 0 bridgehead atoms. The van der Waals surface area contributed by atoms with Crippen molar-refractivity contribution in [1.82, 2.24) is 15.3 Å². The van der Waals surface area contributed by atoms with Gasteiger partial charge in [-0.3, -0.25) is 10.1 Å². The molecule has 0 saturated heterocycles. The summed E-state index contributed by atoms with van der Waals surface area (Å²) in [5.41, 5.74) is -0.836. The number of carbonyl (C=O) groups excluding carboxylic acids is 1. The van der Waals surface area contributed by atoms with Crippen LogP contribution in [0.5, 0.6) is 11.6 Å². The highest BCUT2D eigenvalue weighted by Gasteiger charge is 2.32. The van der Waals surface area contributed by atoms with Crippen molar-refractivity contribution in [3.05, 3.63) is 46.1 Å². The number of nitrogens with zero attached hydrogens (tertiary/aromatic N) is 3. The first-order valence-electron chi connectivity index (χ1n) is 12.0. The Morgan fingerprint density at radius 2 is 1.84 bits per heavy atom. The molecule has 208 valence electrons. The third-order valence-electron chi connectivity index (χ3n) is 5.59. The van der Waals surface area contributed by atoms with Crippen molar-refractivity contribution in [2.24, 2.45) is 5.92 Å². The number of hydrogen-bond acceptors (Lipinski definition) is 9. The quantitative estimate of drug-likeness (QED) is 0.317. The van der Waals surface area contributed by atoms with Crippen LogP contribution in [0.25, 0.3) is 0 Å². The molecule has 3 rings (SSSR count). The van der Waals surface area contributed by atoms with Crippen molar-refractivity contribution in [2.45, 2.75) is 71.0 Å². The molecular weight excluding hydrogens is 511 g/mol. The second kappa shape index (κ2) is 12.1. The summed E-state index contributed by atoms with van der Waals surface area (Å²) < 4.78 is 53.0. The fraction of sp³-hybridized carbons (Fsp3) is 0.542. The van der Waals surface area contributed by atoms with Crippen molar-refractivity contribution in [3.63, 3.8) is 0 Å². The number of carbonyl (C=O) groups is 1. The van der Waals surface area contributed by atoms with Crippen LogP contribution >= 0.6 is 0 Å².